The number of carbonyl (C=O) groups is 2. The van der Waals surface area contributed by atoms with Gasteiger partial charge in [0.2, 0.25) is 11.8 Å². The summed E-state index contributed by atoms with van der Waals surface area (Å²) in [6, 6.07) is 13.1. The fraction of sp³-hybridized carbons (Fsp3) is 0.263. The fourth-order valence-electron chi connectivity index (χ4n) is 2.52. The Morgan fingerprint density at radius 1 is 1.16 bits per heavy atom. The number of likely N-dealkylation sites (N-methyl/N-ethyl adjacent to an activating group) is 1. The third-order valence-electron chi connectivity index (χ3n) is 3.68. The summed E-state index contributed by atoms with van der Waals surface area (Å²) in [4.78, 5) is 25.5. The van der Waals surface area contributed by atoms with Crippen molar-refractivity contribution in [3.8, 4) is 0 Å². The lowest BCUT2D eigenvalue weighted by molar-refractivity contribution is -0.119. The summed E-state index contributed by atoms with van der Waals surface area (Å²) in [5, 5.41) is 5.48. The van der Waals surface area contributed by atoms with Gasteiger partial charge >= 0.3 is 0 Å². The Morgan fingerprint density at radius 2 is 1.84 bits per heavy atom. The Kier molecular flexibility index (Phi) is 6.11. The molecule has 25 heavy (non-hydrogen) atoms. The second-order valence-electron chi connectivity index (χ2n) is 5.66. The van der Waals surface area contributed by atoms with Gasteiger partial charge in [0.15, 0.2) is 0 Å². The summed E-state index contributed by atoms with van der Waals surface area (Å²) in [5.41, 5.74) is 1.45. The lowest BCUT2D eigenvalue weighted by atomic mass is 10.2. The first kappa shape index (κ1) is 18.4. The van der Waals surface area contributed by atoms with Crippen molar-refractivity contribution in [3.63, 3.8) is 0 Å². The van der Waals surface area contributed by atoms with Crippen LogP contribution in [0.2, 0.25) is 0 Å². The molecule has 2 amide bonds. The molecule has 2 aromatic rings. The summed E-state index contributed by atoms with van der Waals surface area (Å²) in [6.45, 7) is 5.50. The van der Waals surface area contributed by atoms with E-state index in [-0.39, 0.29) is 17.5 Å². The van der Waals surface area contributed by atoms with Crippen LogP contribution in [-0.2, 0) is 9.59 Å². The number of carbonyl (C=O) groups excluding carboxylic acids is 2. The molecular weight excluding hydrogens is 321 g/mol. The highest BCUT2D eigenvalue weighted by atomic mass is 19.1. The molecule has 132 valence electrons. The number of hydrogen-bond acceptors (Lipinski definition) is 3. The number of benzene rings is 2. The molecule has 5 nitrogen and oxygen atoms in total. The molecule has 2 aromatic carbocycles. The van der Waals surface area contributed by atoms with E-state index in [2.05, 4.69) is 10.6 Å². The summed E-state index contributed by atoms with van der Waals surface area (Å²) in [5.74, 6) is -0.986. The van der Waals surface area contributed by atoms with Gasteiger partial charge in [0.05, 0.1) is 5.69 Å². The van der Waals surface area contributed by atoms with E-state index in [1.165, 1.54) is 25.1 Å². The van der Waals surface area contributed by atoms with E-state index in [9.17, 15) is 14.0 Å². The quantitative estimate of drug-likeness (QED) is 0.842. The number of hydrogen-bond donors (Lipinski definition) is 2. The van der Waals surface area contributed by atoms with Crippen LogP contribution in [-0.4, -0.2) is 24.4 Å². The van der Waals surface area contributed by atoms with Crippen LogP contribution in [0.15, 0.2) is 48.5 Å². The first-order valence-corrected chi connectivity index (χ1v) is 8.12. The largest absolute Gasteiger partial charge is 0.374 e. The van der Waals surface area contributed by atoms with Crippen LogP contribution in [0.3, 0.4) is 0 Å². The monoisotopic (exact) mass is 343 g/mol. The van der Waals surface area contributed by atoms with E-state index >= 15 is 0 Å². The lowest BCUT2D eigenvalue weighted by Gasteiger charge is -2.25. The first-order valence-electron chi connectivity index (χ1n) is 8.12. The number of nitrogens with one attached hydrogen (secondary N) is 2. The molecule has 0 fully saturated rings. The molecule has 1 atom stereocenters. The Morgan fingerprint density at radius 3 is 2.44 bits per heavy atom. The van der Waals surface area contributed by atoms with Crippen molar-refractivity contribution < 1.29 is 14.0 Å². The highest BCUT2D eigenvalue weighted by Gasteiger charge is 2.20. The average molecular weight is 343 g/mol. The Labute approximate surface area is 146 Å². The van der Waals surface area contributed by atoms with Gasteiger partial charge in [-0.25, -0.2) is 4.39 Å². The van der Waals surface area contributed by atoms with Gasteiger partial charge in [0.1, 0.15) is 11.9 Å². The molecule has 6 heteroatoms. The van der Waals surface area contributed by atoms with E-state index in [0.29, 0.717) is 12.2 Å². The minimum Gasteiger partial charge on any atom is -0.374 e. The van der Waals surface area contributed by atoms with Gasteiger partial charge in [0, 0.05) is 24.8 Å². The third kappa shape index (κ3) is 4.79. The van der Waals surface area contributed by atoms with Crippen molar-refractivity contribution in [2.75, 3.05) is 22.1 Å². The van der Waals surface area contributed by atoms with Gasteiger partial charge in [-0.2, -0.15) is 0 Å². The maximum Gasteiger partial charge on any atom is 0.249 e. The zero-order valence-electron chi connectivity index (χ0n) is 14.5. The molecule has 2 rings (SSSR count). The maximum atomic E-state index is 13.7. The molecule has 2 N–H and O–H groups in total. The molecule has 0 bridgehead atoms. The Bertz CT molecular complexity index is 750. The van der Waals surface area contributed by atoms with Crippen LogP contribution in [0.25, 0.3) is 0 Å². The minimum atomic E-state index is -0.529. The van der Waals surface area contributed by atoms with Gasteiger partial charge in [0.25, 0.3) is 0 Å². The average Bonchev–Trinajstić information content (AvgIpc) is 2.59. The fourth-order valence-corrected chi connectivity index (χ4v) is 2.52. The van der Waals surface area contributed by atoms with Crippen LogP contribution in [0.5, 0.6) is 0 Å². The molecule has 1 unspecified atom stereocenters. The van der Waals surface area contributed by atoms with Gasteiger partial charge in [-0.15, -0.1) is 0 Å². The Balaban J connectivity index is 2.14. The molecule has 0 aliphatic carbocycles. The smallest absolute Gasteiger partial charge is 0.249 e. The van der Waals surface area contributed by atoms with Crippen molar-refractivity contribution in [2.24, 2.45) is 0 Å². The SMILES string of the molecule is CCN(C(=O)C(C)Nc1ccc(F)c(NC(C)=O)c1)c1ccccc1. The lowest BCUT2D eigenvalue weighted by Crippen LogP contribution is -2.41. The molecule has 0 radical (unpaired) electrons. The van der Waals surface area contributed by atoms with Crippen molar-refractivity contribution in [1.29, 1.82) is 0 Å². The van der Waals surface area contributed by atoms with Crippen molar-refractivity contribution in [3.05, 3.63) is 54.3 Å². The van der Waals surface area contributed by atoms with Crippen molar-refractivity contribution in [2.45, 2.75) is 26.8 Å². The van der Waals surface area contributed by atoms with Gasteiger partial charge in [-0.05, 0) is 44.2 Å². The predicted octanol–water partition coefficient (Wildman–Crippen LogP) is 3.64. The molecular formula is C19H22FN3O2. The van der Waals surface area contributed by atoms with Crippen LogP contribution in [0, 0.1) is 5.82 Å². The van der Waals surface area contributed by atoms with E-state index < -0.39 is 11.9 Å². The number of amides is 2. The third-order valence-corrected chi connectivity index (χ3v) is 3.68. The van der Waals surface area contributed by atoms with Crippen LogP contribution in [0.1, 0.15) is 20.8 Å². The van der Waals surface area contributed by atoms with Gasteiger partial charge in [-0.3, -0.25) is 9.59 Å². The second kappa shape index (κ2) is 8.28. The zero-order chi connectivity index (χ0) is 18.4. The Hall–Kier alpha value is -2.89. The van der Waals surface area contributed by atoms with Crippen molar-refractivity contribution in [1.82, 2.24) is 0 Å². The van der Waals surface area contributed by atoms with Crippen LogP contribution < -0.4 is 15.5 Å². The normalized spacial score (nSPS) is 11.5. The summed E-state index contributed by atoms with van der Waals surface area (Å²) in [6.07, 6.45) is 0. The number of halogens is 1. The number of para-hydroxylation sites is 1. The molecule has 0 saturated heterocycles. The summed E-state index contributed by atoms with van der Waals surface area (Å²) in [7, 11) is 0. The van der Waals surface area contributed by atoms with E-state index in [4.69, 9.17) is 0 Å². The molecule has 0 aliphatic rings. The standard InChI is InChI=1S/C19H22FN3O2/c1-4-23(16-8-6-5-7-9-16)19(25)13(2)21-15-10-11-17(20)18(12-15)22-14(3)24/h5-13,21H,4H2,1-3H3,(H,22,24). The van der Waals surface area contributed by atoms with Crippen LogP contribution >= 0.6 is 0 Å². The van der Waals surface area contributed by atoms with Gasteiger partial charge in [-0.1, -0.05) is 18.2 Å². The molecule has 0 heterocycles. The maximum absolute atomic E-state index is 13.7. The van der Waals surface area contributed by atoms with Crippen LogP contribution in [0.4, 0.5) is 21.5 Å². The predicted molar refractivity (Wildman–Crippen MR) is 98.3 cm³/mol. The number of nitrogens with zero attached hydrogens (tertiary/aromatic N) is 1. The molecule has 0 spiro atoms. The molecule has 0 saturated carbocycles. The minimum absolute atomic E-state index is 0.0764. The van der Waals surface area contributed by atoms with E-state index in [0.717, 1.165) is 5.69 Å². The van der Waals surface area contributed by atoms with E-state index in [1.54, 1.807) is 11.8 Å². The van der Waals surface area contributed by atoms with Crippen molar-refractivity contribution >= 4 is 28.9 Å². The van der Waals surface area contributed by atoms with Gasteiger partial charge < -0.3 is 15.5 Å². The first-order chi connectivity index (χ1) is 11.9. The molecule has 0 aliphatic heterocycles. The number of rotatable bonds is 6. The highest BCUT2D eigenvalue weighted by molar-refractivity contribution is 5.98. The molecule has 0 aromatic heterocycles. The second-order valence-corrected chi connectivity index (χ2v) is 5.66. The highest BCUT2D eigenvalue weighted by Crippen LogP contribution is 2.21. The summed E-state index contributed by atoms with van der Waals surface area (Å²) >= 11 is 0. The number of anilines is 3. The zero-order valence-corrected chi connectivity index (χ0v) is 14.5. The van der Waals surface area contributed by atoms with E-state index in [1.807, 2.05) is 37.3 Å². The topological polar surface area (TPSA) is 61.4 Å². The summed E-state index contributed by atoms with van der Waals surface area (Å²) < 4.78 is 13.7.